The first-order valence-electron chi connectivity index (χ1n) is 12.0. The fourth-order valence-electron chi connectivity index (χ4n) is 4.46. The summed E-state index contributed by atoms with van der Waals surface area (Å²) < 4.78 is 6.10. The molecule has 180 valence electrons. The minimum absolute atomic E-state index is 0.000201. The van der Waals surface area contributed by atoms with Crippen molar-refractivity contribution in [3.63, 3.8) is 0 Å². The average molecular weight is 448 g/mol. The Bertz CT molecular complexity index is 720. The summed E-state index contributed by atoms with van der Waals surface area (Å²) in [5.41, 5.74) is 3.37. The molecule has 1 aliphatic carbocycles. The first kappa shape index (κ1) is 26.3. The molecule has 3 N–H and O–H groups in total. The maximum absolute atomic E-state index is 13.1. The molecular weight excluding hydrogens is 406 g/mol. The number of aryl methyl sites for hydroxylation is 1. The molecule has 0 aliphatic heterocycles. The largest absolute Gasteiger partial charge is 0.461 e. The fraction of sp³-hybridized carbons (Fsp3) is 0.720. The van der Waals surface area contributed by atoms with Gasteiger partial charge in [0.15, 0.2) is 0 Å². The van der Waals surface area contributed by atoms with Crippen LogP contribution in [-0.4, -0.2) is 34.2 Å². The molecule has 1 heterocycles. The van der Waals surface area contributed by atoms with Gasteiger partial charge in [0.05, 0.1) is 0 Å². The van der Waals surface area contributed by atoms with Crippen LogP contribution in [0.15, 0.2) is 18.3 Å². The van der Waals surface area contributed by atoms with E-state index in [0.29, 0.717) is 36.6 Å². The standard InChI is InChI=1S/C25H41N3O4/c1-16(2)12-22(25(30)32-23-13-18(5)6-10-21(23)17(3)4)27-15-19-7-8-20(26-14-19)9-11-24(29)28-31/h7-8,14,16-18,21-23,27,31H,6,9-13,15H2,1-5H3,(H,28,29)/t18-,21+,22?,23-/m1/s1. The highest BCUT2D eigenvalue weighted by Gasteiger charge is 2.35. The third-order valence-electron chi connectivity index (χ3n) is 6.39. The Morgan fingerprint density at radius 2 is 1.97 bits per heavy atom. The SMILES string of the molecule is CC(C)CC(NCc1ccc(CCC(=O)NO)nc1)C(=O)O[C@@H]1C[C@H](C)CC[C@H]1C(C)C. The van der Waals surface area contributed by atoms with Gasteiger partial charge < -0.3 is 10.1 Å². The van der Waals surface area contributed by atoms with Gasteiger partial charge in [-0.15, -0.1) is 0 Å². The maximum Gasteiger partial charge on any atom is 0.323 e. The van der Waals surface area contributed by atoms with Crippen LogP contribution in [0.5, 0.6) is 0 Å². The number of hydrogen-bond acceptors (Lipinski definition) is 6. The zero-order chi connectivity index (χ0) is 23.7. The van der Waals surface area contributed by atoms with E-state index in [-0.39, 0.29) is 24.5 Å². The third-order valence-corrected chi connectivity index (χ3v) is 6.39. The summed E-state index contributed by atoms with van der Waals surface area (Å²) in [6, 6.07) is 3.46. The minimum Gasteiger partial charge on any atom is -0.461 e. The van der Waals surface area contributed by atoms with E-state index in [1.165, 1.54) is 6.42 Å². The van der Waals surface area contributed by atoms with Gasteiger partial charge in [-0.25, -0.2) is 5.48 Å². The van der Waals surface area contributed by atoms with Gasteiger partial charge in [-0.2, -0.15) is 0 Å². The predicted molar refractivity (Wildman–Crippen MR) is 124 cm³/mol. The summed E-state index contributed by atoms with van der Waals surface area (Å²) in [4.78, 5) is 28.7. The lowest BCUT2D eigenvalue weighted by molar-refractivity contribution is -0.159. The van der Waals surface area contributed by atoms with E-state index < -0.39 is 5.91 Å². The topological polar surface area (TPSA) is 101 Å². The van der Waals surface area contributed by atoms with Crippen molar-refractivity contribution in [1.29, 1.82) is 0 Å². The molecule has 7 nitrogen and oxygen atoms in total. The molecule has 32 heavy (non-hydrogen) atoms. The van der Waals surface area contributed by atoms with Crippen LogP contribution in [0.4, 0.5) is 0 Å². The number of nitrogens with one attached hydrogen (secondary N) is 2. The van der Waals surface area contributed by atoms with Gasteiger partial charge in [0.2, 0.25) is 5.91 Å². The molecule has 1 aromatic heterocycles. The van der Waals surface area contributed by atoms with Gasteiger partial charge in [0, 0.05) is 24.9 Å². The van der Waals surface area contributed by atoms with Crippen LogP contribution in [0.25, 0.3) is 0 Å². The normalized spacial score (nSPS) is 22.1. The molecule has 0 aromatic carbocycles. The first-order valence-corrected chi connectivity index (χ1v) is 12.0. The number of rotatable bonds is 11. The Morgan fingerprint density at radius 1 is 1.22 bits per heavy atom. The molecule has 0 bridgehead atoms. The molecule has 2 rings (SSSR count). The van der Waals surface area contributed by atoms with Crippen molar-refractivity contribution < 1.29 is 19.5 Å². The summed E-state index contributed by atoms with van der Waals surface area (Å²) in [6.07, 6.45) is 6.39. The quantitative estimate of drug-likeness (QED) is 0.269. The Hall–Kier alpha value is -1.99. The smallest absolute Gasteiger partial charge is 0.323 e. The molecule has 7 heteroatoms. The van der Waals surface area contributed by atoms with Crippen molar-refractivity contribution in [2.24, 2.45) is 23.7 Å². The van der Waals surface area contributed by atoms with E-state index in [1.807, 2.05) is 12.1 Å². The van der Waals surface area contributed by atoms with Crippen molar-refractivity contribution in [1.82, 2.24) is 15.8 Å². The van der Waals surface area contributed by atoms with Crippen LogP contribution < -0.4 is 10.8 Å². The third kappa shape index (κ3) is 8.51. The second-order valence-electron chi connectivity index (χ2n) is 10.1. The number of ether oxygens (including phenoxy) is 1. The number of pyridine rings is 1. The maximum atomic E-state index is 13.1. The second-order valence-corrected chi connectivity index (χ2v) is 10.1. The van der Waals surface area contributed by atoms with Crippen molar-refractivity contribution in [3.8, 4) is 0 Å². The highest BCUT2D eigenvalue weighted by molar-refractivity contribution is 5.76. The Balaban J connectivity index is 1.95. The highest BCUT2D eigenvalue weighted by atomic mass is 16.5. The van der Waals surface area contributed by atoms with Crippen LogP contribution in [0.2, 0.25) is 0 Å². The number of nitrogens with zero attached hydrogens (tertiary/aromatic N) is 1. The van der Waals surface area contributed by atoms with Crippen LogP contribution in [0.3, 0.4) is 0 Å². The van der Waals surface area contributed by atoms with Crippen LogP contribution >= 0.6 is 0 Å². The Morgan fingerprint density at radius 3 is 2.56 bits per heavy atom. The zero-order valence-corrected chi connectivity index (χ0v) is 20.3. The van der Waals surface area contributed by atoms with Crippen molar-refractivity contribution in [2.75, 3.05) is 0 Å². The molecule has 4 atom stereocenters. The lowest BCUT2D eigenvalue weighted by Gasteiger charge is -2.37. The monoisotopic (exact) mass is 447 g/mol. The van der Waals surface area contributed by atoms with E-state index in [1.54, 1.807) is 11.7 Å². The van der Waals surface area contributed by atoms with Crippen molar-refractivity contribution >= 4 is 11.9 Å². The molecular formula is C25H41N3O4. The van der Waals surface area contributed by atoms with E-state index in [2.05, 4.69) is 44.9 Å². The van der Waals surface area contributed by atoms with E-state index in [4.69, 9.17) is 9.94 Å². The molecule has 0 radical (unpaired) electrons. The van der Waals surface area contributed by atoms with Crippen LogP contribution in [0.1, 0.15) is 78.0 Å². The summed E-state index contributed by atoms with van der Waals surface area (Å²) in [6.45, 7) is 11.4. The molecule has 0 spiro atoms. The number of hydrogen-bond donors (Lipinski definition) is 3. The van der Waals surface area contributed by atoms with Crippen LogP contribution in [-0.2, 0) is 27.3 Å². The van der Waals surface area contributed by atoms with Crippen molar-refractivity contribution in [3.05, 3.63) is 29.6 Å². The fourth-order valence-corrected chi connectivity index (χ4v) is 4.46. The highest BCUT2D eigenvalue weighted by Crippen LogP contribution is 2.35. The second kappa shape index (κ2) is 12.9. The van der Waals surface area contributed by atoms with Gasteiger partial charge in [-0.05, 0) is 61.0 Å². The number of aromatic nitrogens is 1. The van der Waals surface area contributed by atoms with E-state index >= 15 is 0 Å². The van der Waals surface area contributed by atoms with Gasteiger partial charge >= 0.3 is 5.97 Å². The lowest BCUT2D eigenvalue weighted by Crippen LogP contribution is -2.43. The summed E-state index contributed by atoms with van der Waals surface area (Å²) in [7, 11) is 0. The minimum atomic E-state index is -0.431. The molecule has 1 amide bonds. The number of carbonyl (C=O) groups excluding carboxylic acids is 2. The van der Waals surface area contributed by atoms with Gasteiger partial charge in [-0.3, -0.25) is 19.8 Å². The number of carbonyl (C=O) groups is 2. The van der Waals surface area contributed by atoms with Crippen molar-refractivity contribution in [2.45, 2.75) is 91.8 Å². The van der Waals surface area contributed by atoms with Gasteiger partial charge in [0.1, 0.15) is 12.1 Å². The summed E-state index contributed by atoms with van der Waals surface area (Å²) in [5, 5.41) is 12.0. The summed E-state index contributed by atoms with van der Waals surface area (Å²) >= 11 is 0. The molecule has 1 aliphatic rings. The number of amides is 1. The Kier molecular flexibility index (Phi) is 10.6. The molecule has 1 saturated carbocycles. The lowest BCUT2D eigenvalue weighted by atomic mass is 9.75. The predicted octanol–water partition coefficient (Wildman–Crippen LogP) is 4.03. The van der Waals surface area contributed by atoms with E-state index in [9.17, 15) is 9.59 Å². The van der Waals surface area contributed by atoms with E-state index in [0.717, 1.165) is 30.5 Å². The van der Waals surface area contributed by atoms with Gasteiger partial charge in [0.25, 0.3) is 0 Å². The summed E-state index contributed by atoms with van der Waals surface area (Å²) in [5.74, 6) is 1.31. The molecule has 0 saturated heterocycles. The average Bonchev–Trinajstić information content (AvgIpc) is 2.75. The molecule has 1 aromatic rings. The zero-order valence-electron chi connectivity index (χ0n) is 20.3. The number of esters is 1. The van der Waals surface area contributed by atoms with Crippen LogP contribution in [0, 0.1) is 23.7 Å². The molecule has 1 fully saturated rings. The molecule has 1 unspecified atom stereocenters. The number of hydroxylamine groups is 1. The van der Waals surface area contributed by atoms with Gasteiger partial charge in [-0.1, -0.05) is 47.1 Å². The first-order chi connectivity index (χ1) is 15.2. The Labute approximate surface area is 192 Å².